The summed E-state index contributed by atoms with van der Waals surface area (Å²) in [6.45, 7) is 1.39. The number of anilines is 1. The minimum Gasteiger partial charge on any atom is -0.508 e. The predicted octanol–water partition coefficient (Wildman–Crippen LogP) is 2.92. The van der Waals surface area contributed by atoms with Crippen LogP contribution in [0.15, 0.2) is 53.4 Å². The summed E-state index contributed by atoms with van der Waals surface area (Å²) < 4.78 is 22.5. The number of sulfonamides is 1. The van der Waals surface area contributed by atoms with Crippen molar-refractivity contribution in [2.45, 2.75) is 30.6 Å². The number of aromatic hydroxyl groups is 1. The van der Waals surface area contributed by atoms with Crippen molar-refractivity contribution < 1.29 is 18.3 Å². The topological polar surface area (TPSA) is 113 Å². The minimum absolute atomic E-state index is 0.0138. The van der Waals surface area contributed by atoms with Crippen LogP contribution in [0.25, 0.3) is 0 Å². The van der Waals surface area contributed by atoms with E-state index in [4.69, 9.17) is 5.14 Å². The number of primary sulfonamides is 1. The van der Waals surface area contributed by atoms with Gasteiger partial charge in [-0.25, -0.2) is 18.4 Å². The standard InChI is InChI=1S/C20H25N3O4S/c21-28(26,27)19-9-5-17(6-10-19)22-20(25)23-13-11-16(12-14-23)2-1-15-3-7-18(24)8-4-15/h3-10,16,24H,1-2,11-14H2,(H,22,25)(H2,21,26,27). The molecule has 1 aliphatic rings. The summed E-state index contributed by atoms with van der Waals surface area (Å²) >= 11 is 0. The largest absolute Gasteiger partial charge is 0.508 e. The van der Waals surface area contributed by atoms with Crippen LogP contribution in [0.1, 0.15) is 24.8 Å². The fourth-order valence-electron chi connectivity index (χ4n) is 3.39. The molecule has 0 spiro atoms. The molecule has 4 N–H and O–H groups in total. The molecule has 0 atom stereocenters. The first-order valence-corrected chi connectivity index (χ1v) is 10.8. The van der Waals surface area contributed by atoms with Gasteiger partial charge < -0.3 is 15.3 Å². The second kappa shape index (κ2) is 8.62. The molecule has 2 amide bonds. The van der Waals surface area contributed by atoms with Crippen LogP contribution in [0.4, 0.5) is 10.5 Å². The van der Waals surface area contributed by atoms with Crippen molar-refractivity contribution in [2.24, 2.45) is 11.1 Å². The van der Waals surface area contributed by atoms with Crippen LogP contribution in [0, 0.1) is 5.92 Å². The van der Waals surface area contributed by atoms with Gasteiger partial charge in [0.1, 0.15) is 5.75 Å². The van der Waals surface area contributed by atoms with Crippen LogP contribution in [-0.2, 0) is 16.4 Å². The molecule has 0 saturated carbocycles. The molecule has 3 rings (SSSR count). The van der Waals surface area contributed by atoms with Gasteiger partial charge in [-0.15, -0.1) is 0 Å². The van der Waals surface area contributed by atoms with E-state index in [1.54, 1.807) is 17.0 Å². The number of phenols is 1. The monoisotopic (exact) mass is 403 g/mol. The first kappa shape index (κ1) is 20.2. The van der Waals surface area contributed by atoms with Crippen molar-refractivity contribution >= 4 is 21.7 Å². The maximum atomic E-state index is 12.4. The Morgan fingerprint density at radius 1 is 1.07 bits per heavy atom. The first-order chi connectivity index (χ1) is 13.3. The van der Waals surface area contributed by atoms with Gasteiger partial charge in [0.25, 0.3) is 0 Å². The SMILES string of the molecule is NS(=O)(=O)c1ccc(NC(=O)N2CCC(CCc3ccc(O)cc3)CC2)cc1. The van der Waals surface area contributed by atoms with E-state index in [0.717, 1.165) is 25.7 Å². The minimum atomic E-state index is -3.74. The van der Waals surface area contributed by atoms with Gasteiger partial charge in [0.15, 0.2) is 0 Å². The summed E-state index contributed by atoms with van der Waals surface area (Å²) in [5, 5.41) is 17.2. The van der Waals surface area contributed by atoms with E-state index < -0.39 is 10.0 Å². The Balaban J connectivity index is 1.45. The van der Waals surface area contributed by atoms with Crippen LogP contribution in [0.5, 0.6) is 5.75 Å². The number of hydrogen-bond donors (Lipinski definition) is 3. The lowest BCUT2D eigenvalue weighted by atomic mass is 9.90. The maximum absolute atomic E-state index is 12.4. The number of likely N-dealkylation sites (tertiary alicyclic amines) is 1. The maximum Gasteiger partial charge on any atom is 0.321 e. The molecule has 0 unspecified atom stereocenters. The molecule has 2 aromatic rings. The number of carbonyl (C=O) groups is 1. The number of hydrogen-bond acceptors (Lipinski definition) is 4. The molecule has 0 aromatic heterocycles. The van der Waals surface area contributed by atoms with Crippen molar-refractivity contribution in [3.8, 4) is 5.75 Å². The van der Waals surface area contributed by atoms with E-state index in [1.807, 2.05) is 12.1 Å². The van der Waals surface area contributed by atoms with E-state index in [-0.39, 0.29) is 16.7 Å². The van der Waals surface area contributed by atoms with E-state index in [0.29, 0.717) is 24.7 Å². The van der Waals surface area contributed by atoms with E-state index in [2.05, 4.69) is 5.32 Å². The van der Waals surface area contributed by atoms with Crippen molar-refractivity contribution in [2.75, 3.05) is 18.4 Å². The van der Waals surface area contributed by atoms with Crippen molar-refractivity contribution in [1.82, 2.24) is 4.90 Å². The number of nitrogens with two attached hydrogens (primary N) is 1. The highest BCUT2D eigenvalue weighted by Crippen LogP contribution is 2.24. The smallest absolute Gasteiger partial charge is 0.321 e. The third kappa shape index (κ3) is 5.46. The van der Waals surface area contributed by atoms with Crippen LogP contribution < -0.4 is 10.5 Å². The molecule has 8 heteroatoms. The van der Waals surface area contributed by atoms with Crippen LogP contribution >= 0.6 is 0 Å². The van der Waals surface area contributed by atoms with Crippen molar-refractivity contribution in [3.05, 3.63) is 54.1 Å². The average Bonchev–Trinajstić information content (AvgIpc) is 2.67. The van der Waals surface area contributed by atoms with Gasteiger partial charge in [-0.05, 0) is 73.6 Å². The summed E-state index contributed by atoms with van der Waals surface area (Å²) in [4.78, 5) is 14.2. The van der Waals surface area contributed by atoms with Gasteiger partial charge in [0.2, 0.25) is 10.0 Å². The summed E-state index contributed by atoms with van der Waals surface area (Å²) in [7, 11) is -3.74. The van der Waals surface area contributed by atoms with Crippen molar-refractivity contribution in [3.63, 3.8) is 0 Å². The number of phenolic OH excluding ortho intramolecular Hbond substituents is 1. The van der Waals surface area contributed by atoms with Gasteiger partial charge in [0.05, 0.1) is 4.90 Å². The molecule has 28 heavy (non-hydrogen) atoms. The molecule has 1 heterocycles. The number of aryl methyl sites for hydroxylation is 1. The molecule has 1 aliphatic heterocycles. The molecule has 150 valence electrons. The summed E-state index contributed by atoms with van der Waals surface area (Å²) in [6, 6.07) is 12.9. The highest BCUT2D eigenvalue weighted by molar-refractivity contribution is 7.89. The normalized spacial score (nSPS) is 15.4. The summed E-state index contributed by atoms with van der Waals surface area (Å²) in [5.74, 6) is 0.856. The number of nitrogens with one attached hydrogen (secondary N) is 1. The zero-order chi connectivity index (χ0) is 20.1. The molecule has 0 bridgehead atoms. The Labute approximate surface area is 165 Å². The highest BCUT2D eigenvalue weighted by Gasteiger charge is 2.22. The second-order valence-electron chi connectivity index (χ2n) is 7.14. The van der Waals surface area contributed by atoms with E-state index >= 15 is 0 Å². The van der Waals surface area contributed by atoms with Gasteiger partial charge in [0, 0.05) is 18.8 Å². The van der Waals surface area contributed by atoms with Crippen LogP contribution in [-0.4, -0.2) is 37.5 Å². The Morgan fingerprint density at radius 3 is 2.25 bits per heavy atom. The number of amides is 2. The van der Waals surface area contributed by atoms with Gasteiger partial charge in [-0.3, -0.25) is 0 Å². The van der Waals surface area contributed by atoms with E-state index in [1.165, 1.54) is 29.8 Å². The number of benzene rings is 2. The zero-order valence-electron chi connectivity index (χ0n) is 15.5. The fraction of sp³-hybridized carbons (Fsp3) is 0.350. The molecule has 1 saturated heterocycles. The number of nitrogens with zero attached hydrogens (tertiary/aromatic N) is 1. The molecule has 2 aromatic carbocycles. The molecule has 7 nitrogen and oxygen atoms in total. The van der Waals surface area contributed by atoms with Gasteiger partial charge >= 0.3 is 6.03 Å². The molecular formula is C20H25N3O4S. The lowest BCUT2D eigenvalue weighted by Gasteiger charge is -2.32. The average molecular weight is 404 g/mol. The second-order valence-corrected chi connectivity index (χ2v) is 8.70. The highest BCUT2D eigenvalue weighted by atomic mass is 32.2. The Bertz CT molecular complexity index is 903. The summed E-state index contributed by atoms with van der Waals surface area (Å²) in [6.07, 6.45) is 3.94. The summed E-state index contributed by atoms with van der Waals surface area (Å²) in [5.41, 5.74) is 1.74. The Hall–Kier alpha value is -2.58. The fourth-order valence-corrected chi connectivity index (χ4v) is 3.90. The predicted molar refractivity (Wildman–Crippen MR) is 108 cm³/mol. The van der Waals surface area contributed by atoms with Crippen LogP contribution in [0.3, 0.4) is 0 Å². The lowest BCUT2D eigenvalue weighted by molar-refractivity contribution is 0.180. The third-order valence-electron chi connectivity index (χ3n) is 5.11. The van der Waals surface area contributed by atoms with Gasteiger partial charge in [-0.2, -0.15) is 0 Å². The third-order valence-corrected chi connectivity index (χ3v) is 6.04. The zero-order valence-corrected chi connectivity index (χ0v) is 16.4. The molecule has 0 radical (unpaired) electrons. The van der Waals surface area contributed by atoms with Crippen LogP contribution in [0.2, 0.25) is 0 Å². The lowest BCUT2D eigenvalue weighted by Crippen LogP contribution is -2.41. The number of piperidine rings is 1. The molecule has 1 fully saturated rings. The molecular weight excluding hydrogens is 378 g/mol. The number of rotatable bonds is 5. The van der Waals surface area contributed by atoms with Crippen molar-refractivity contribution in [1.29, 1.82) is 0 Å². The van der Waals surface area contributed by atoms with Gasteiger partial charge in [-0.1, -0.05) is 12.1 Å². The quantitative estimate of drug-likeness (QED) is 0.712. The number of urea groups is 1. The first-order valence-electron chi connectivity index (χ1n) is 9.28. The van der Waals surface area contributed by atoms with E-state index in [9.17, 15) is 18.3 Å². The molecule has 0 aliphatic carbocycles. The Morgan fingerprint density at radius 2 is 1.68 bits per heavy atom. The Kier molecular flexibility index (Phi) is 6.21. The number of carbonyl (C=O) groups excluding carboxylic acids is 1.